The van der Waals surface area contributed by atoms with Crippen LogP contribution in [0, 0.1) is 0 Å². The van der Waals surface area contributed by atoms with E-state index < -0.39 is 0 Å². The van der Waals surface area contributed by atoms with Gasteiger partial charge in [-0.15, -0.1) is 0 Å². The molecule has 2 heterocycles. The zero-order chi connectivity index (χ0) is 16.7. The van der Waals surface area contributed by atoms with Crippen LogP contribution in [0.25, 0.3) is 0 Å². The lowest BCUT2D eigenvalue weighted by Crippen LogP contribution is -2.27. The van der Waals surface area contributed by atoms with Crippen molar-refractivity contribution in [1.29, 1.82) is 0 Å². The fourth-order valence-electron chi connectivity index (χ4n) is 3.50. The highest BCUT2D eigenvalue weighted by Crippen LogP contribution is 2.34. The Kier molecular flexibility index (Phi) is 4.06. The summed E-state index contributed by atoms with van der Waals surface area (Å²) in [5, 5.41) is 3.10. The van der Waals surface area contributed by atoms with Crippen molar-refractivity contribution in [2.75, 3.05) is 25.5 Å². The van der Waals surface area contributed by atoms with Gasteiger partial charge in [0.1, 0.15) is 5.75 Å². The number of anilines is 1. The Morgan fingerprint density at radius 2 is 2.12 bits per heavy atom. The summed E-state index contributed by atoms with van der Waals surface area (Å²) in [6.07, 6.45) is 1.80. The van der Waals surface area contributed by atoms with E-state index in [4.69, 9.17) is 4.74 Å². The summed E-state index contributed by atoms with van der Waals surface area (Å²) in [4.78, 5) is 15.1. The molecule has 0 aromatic heterocycles. The molecule has 4 nitrogen and oxygen atoms in total. The van der Waals surface area contributed by atoms with Crippen molar-refractivity contribution in [1.82, 2.24) is 4.90 Å². The Hall–Kier alpha value is -1.85. The molecule has 5 heteroatoms. The van der Waals surface area contributed by atoms with Crippen molar-refractivity contribution in [3.63, 3.8) is 0 Å². The number of halogens is 1. The largest absolute Gasteiger partial charge is 0.492 e. The summed E-state index contributed by atoms with van der Waals surface area (Å²) in [7, 11) is 2.12. The fourth-order valence-corrected chi connectivity index (χ4v) is 4.00. The Bertz CT molecular complexity index is 819. The molecule has 2 aliphatic heterocycles. The third kappa shape index (κ3) is 2.82. The summed E-state index contributed by atoms with van der Waals surface area (Å²) >= 11 is 3.50. The number of benzene rings is 2. The average Bonchev–Trinajstić information content (AvgIpc) is 3.02. The van der Waals surface area contributed by atoms with Gasteiger partial charge in [0.15, 0.2) is 0 Å². The van der Waals surface area contributed by atoms with Gasteiger partial charge >= 0.3 is 0 Å². The number of ether oxygens (including phenoxy) is 1. The maximum atomic E-state index is 12.9. The number of nitrogens with zero attached hydrogens (tertiary/aromatic N) is 1. The first-order chi connectivity index (χ1) is 11.6. The minimum atomic E-state index is -0.109. The third-order valence-electron chi connectivity index (χ3n) is 4.70. The molecule has 1 amide bonds. The van der Waals surface area contributed by atoms with E-state index >= 15 is 0 Å². The molecule has 2 aromatic carbocycles. The number of nitrogens with one attached hydrogen (secondary N) is 1. The number of likely N-dealkylation sites (N-methyl/N-ethyl adjacent to an activating group) is 1. The van der Waals surface area contributed by atoms with Gasteiger partial charge in [0.05, 0.1) is 12.2 Å². The number of amides is 1. The predicted molar refractivity (Wildman–Crippen MR) is 97.8 cm³/mol. The minimum Gasteiger partial charge on any atom is -0.492 e. The zero-order valence-corrected chi connectivity index (χ0v) is 15.1. The molecule has 0 spiro atoms. The summed E-state index contributed by atoms with van der Waals surface area (Å²) in [5.41, 5.74) is 5.14. The van der Waals surface area contributed by atoms with Crippen LogP contribution in [0.3, 0.4) is 0 Å². The number of carbonyl (C=O) groups excluding carboxylic acids is 1. The molecule has 0 bridgehead atoms. The number of hydrogen-bond donors (Lipinski definition) is 1. The van der Waals surface area contributed by atoms with Crippen LogP contribution < -0.4 is 10.1 Å². The molecule has 0 saturated heterocycles. The van der Waals surface area contributed by atoms with E-state index in [0.29, 0.717) is 12.2 Å². The number of rotatable bonds is 2. The normalized spacial score (nSPS) is 16.2. The molecule has 24 heavy (non-hydrogen) atoms. The summed E-state index contributed by atoms with van der Waals surface area (Å²) in [5.74, 6) is 0.613. The quantitative estimate of drug-likeness (QED) is 0.856. The molecule has 0 aliphatic carbocycles. The standard InChI is InChI=1S/C19H19BrN2O2/c1-22-7-5-15-13(11-22)3-2-4-17(15)21-19(23)16-10-14(20)9-12-6-8-24-18(12)16/h2-4,9-10H,5-8,11H2,1H3,(H,21,23). The Labute approximate surface area is 149 Å². The van der Waals surface area contributed by atoms with Gasteiger partial charge in [-0.3, -0.25) is 4.79 Å². The Morgan fingerprint density at radius 3 is 3.00 bits per heavy atom. The second kappa shape index (κ2) is 6.22. The second-order valence-corrected chi connectivity index (χ2v) is 7.34. The van der Waals surface area contributed by atoms with E-state index in [9.17, 15) is 4.79 Å². The second-order valence-electron chi connectivity index (χ2n) is 6.43. The van der Waals surface area contributed by atoms with Crippen LogP contribution in [0.5, 0.6) is 5.75 Å². The lowest BCUT2D eigenvalue weighted by Gasteiger charge is -2.26. The maximum absolute atomic E-state index is 12.9. The minimum absolute atomic E-state index is 0.109. The van der Waals surface area contributed by atoms with E-state index in [2.05, 4.69) is 39.3 Å². The summed E-state index contributed by atoms with van der Waals surface area (Å²) < 4.78 is 6.59. The summed E-state index contributed by atoms with van der Waals surface area (Å²) in [6, 6.07) is 10.00. The third-order valence-corrected chi connectivity index (χ3v) is 5.16. The van der Waals surface area contributed by atoms with Gasteiger partial charge < -0.3 is 15.0 Å². The molecule has 4 rings (SSSR count). The number of fused-ring (bicyclic) bond motifs is 2. The first-order valence-electron chi connectivity index (χ1n) is 8.17. The van der Waals surface area contributed by atoms with Crippen molar-refractivity contribution in [2.24, 2.45) is 0 Å². The first-order valence-corrected chi connectivity index (χ1v) is 8.97. The molecular formula is C19H19BrN2O2. The monoisotopic (exact) mass is 386 g/mol. The fraction of sp³-hybridized carbons (Fsp3) is 0.316. The SMILES string of the molecule is CN1CCc2c(cccc2NC(=O)c2cc(Br)cc3c2OCC3)C1. The number of hydrogen-bond acceptors (Lipinski definition) is 3. The molecule has 0 atom stereocenters. The Morgan fingerprint density at radius 1 is 1.25 bits per heavy atom. The lowest BCUT2D eigenvalue weighted by atomic mass is 9.98. The molecule has 2 aromatic rings. The van der Waals surface area contributed by atoms with E-state index in [1.165, 1.54) is 11.1 Å². The van der Waals surface area contributed by atoms with Gasteiger partial charge in [-0.05, 0) is 48.4 Å². The molecule has 0 saturated carbocycles. The topological polar surface area (TPSA) is 41.6 Å². The van der Waals surface area contributed by atoms with Gasteiger partial charge in [-0.25, -0.2) is 0 Å². The van der Waals surface area contributed by atoms with E-state index in [1.54, 1.807) is 0 Å². The van der Waals surface area contributed by atoms with Crippen LogP contribution in [0.1, 0.15) is 27.0 Å². The smallest absolute Gasteiger partial charge is 0.259 e. The van der Waals surface area contributed by atoms with Crippen LogP contribution in [0.4, 0.5) is 5.69 Å². The van der Waals surface area contributed by atoms with E-state index in [0.717, 1.165) is 47.4 Å². The van der Waals surface area contributed by atoms with Crippen LogP contribution in [0.15, 0.2) is 34.8 Å². The molecule has 124 valence electrons. The maximum Gasteiger partial charge on any atom is 0.259 e. The van der Waals surface area contributed by atoms with Gasteiger partial charge in [-0.2, -0.15) is 0 Å². The van der Waals surface area contributed by atoms with Crippen LogP contribution >= 0.6 is 15.9 Å². The van der Waals surface area contributed by atoms with E-state index in [-0.39, 0.29) is 5.91 Å². The van der Waals surface area contributed by atoms with Crippen molar-refractivity contribution in [2.45, 2.75) is 19.4 Å². The van der Waals surface area contributed by atoms with Gasteiger partial charge in [-0.1, -0.05) is 28.1 Å². The van der Waals surface area contributed by atoms with Crippen LogP contribution in [0.2, 0.25) is 0 Å². The van der Waals surface area contributed by atoms with Crippen molar-refractivity contribution < 1.29 is 9.53 Å². The van der Waals surface area contributed by atoms with Gasteiger partial charge in [0, 0.05) is 29.7 Å². The zero-order valence-electron chi connectivity index (χ0n) is 13.6. The van der Waals surface area contributed by atoms with Crippen molar-refractivity contribution >= 4 is 27.5 Å². The molecule has 0 radical (unpaired) electrons. The predicted octanol–water partition coefficient (Wildman–Crippen LogP) is 3.62. The van der Waals surface area contributed by atoms with E-state index in [1.807, 2.05) is 24.3 Å². The molecular weight excluding hydrogens is 368 g/mol. The highest BCUT2D eigenvalue weighted by Gasteiger charge is 2.23. The highest BCUT2D eigenvalue weighted by atomic mass is 79.9. The average molecular weight is 387 g/mol. The van der Waals surface area contributed by atoms with Crippen LogP contribution in [-0.2, 0) is 19.4 Å². The number of carbonyl (C=O) groups is 1. The van der Waals surface area contributed by atoms with Crippen molar-refractivity contribution in [3.8, 4) is 5.75 Å². The molecule has 1 N–H and O–H groups in total. The Balaban J connectivity index is 1.66. The van der Waals surface area contributed by atoms with Crippen molar-refractivity contribution in [3.05, 3.63) is 57.1 Å². The lowest BCUT2D eigenvalue weighted by molar-refractivity contribution is 0.102. The highest BCUT2D eigenvalue weighted by molar-refractivity contribution is 9.10. The first kappa shape index (κ1) is 15.7. The summed E-state index contributed by atoms with van der Waals surface area (Å²) in [6.45, 7) is 2.57. The van der Waals surface area contributed by atoms with Gasteiger partial charge in [0.25, 0.3) is 5.91 Å². The van der Waals surface area contributed by atoms with Crippen LogP contribution in [-0.4, -0.2) is 31.0 Å². The molecule has 0 fully saturated rings. The molecule has 2 aliphatic rings. The van der Waals surface area contributed by atoms with Gasteiger partial charge in [0.2, 0.25) is 0 Å². The molecule has 0 unspecified atom stereocenters.